The molecule has 1 N–H and O–H groups in total. The van der Waals surface area contributed by atoms with Crippen molar-refractivity contribution in [1.29, 1.82) is 0 Å². The monoisotopic (exact) mass is 435 g/mol. The van der Waals surface area contributed by atoms with Crippen molar-refractivity contribution < 1.29 is 0 Å². The second-order valence-electron chi connectivity index (χ2n) is 8.20. The Labute approximate surface area is 193 Å². The molecule has 33 heavy (non-hydrogen) atoms. The molecule has 0 saturated heterocycles. The first-order chi connectivity index (χ1) is 16.1. The van der Waals surface area contributed by atoms with E-state index in [0.717, 1.165) is 34.6 Å². The van der Waals surface area contributed by atoms with E-state index in [-0.39, 0.29) is 6.04 Å². The Morgan fingerprint density at radius 2 is 1.85 bits per heavy atom. The average Bonchev–Trinajstić information content (AvgIpc) is 3.47. The standard InChI is InChI=1S/C26H25N7/c1-4-5-10-23-24(33-25(27-23)15-18(2)17-32(33)3)16-19-11-13-20(14-12-19)21-8-6-7-9-22(21)26-28-30-31-29-26/h6-9,11-15,17,24H,10,16H2,1-3H3,(H,28,29,30,31). The average molecular weight is 436 g/mol. The summed E-state index contributed by atoms with van der Waals surface area (Å²) in [6.07, 6.45) is 5.80. The second-order valence-corrected chi connectivity index (χ2v) is 8.20. The van der Waals surface area contributed by atoms with Crippen LogP contribution in [-0.2, 0) is 6.42 Å². The molecule has 0 fully saturated rings. The number of tetrazole rings is 1. The third kappa shape index (κ3) is 4.03. The molecule has 2 aromatic carbocycles. The Morgan fingerprint density at radius 3 is 2.58 bits per heavy atom. The maximum atomic E-state index is 4.93. The largest absolute Gasteiger partial charge is 0.293 e. The first kappa shape index (κ1) is 20.7. The van der Waals surface area contributed by atoms with Crippen LogP contribution in [0, 0.1) is 11.8 Å². The third-order valence-corrected chi connectivity index (χ3v) is 5.91. The van der Waals surface area contributed by atoms with Crippen molar-refractivity contribution in [2.45, 2.75) is 32.7 Å². The molecule has 1 atom stereocenters. The molecule has 7 heteroatoms. The van der Waals surface area contributed by atoms with Gasteiger partial charge in [-0.1, -0.05) is 54.5 Å². The topological polar surface area (TPSA) is 73.3 Å². The van der Waals surface area contributed by atoms with Crippen molar-refractivity contribution >= 4 is 5.71 Å². The molecular weight excluding hydrogens is 410 g/mol. The van der Waals surface area contributed by atoms with Gasteiger partial charge in [-0.05, 0) is 47.4 Å². The van der Waals surface area contributed by atoms with E-state index in [2.05, 4.69) is 99.1 Å². The molecule has 0 saturated carbocycles. The quantitative estimate of drug-likeness (QED) is 0.608. The highest BCUT2D eigenvalue weighted by Gasteiger charge is 2.35. The van der Waals surface area contributed by atoms with Crippen LogP contribution in [0.3, 0.4) is 0 Å². The molecule has 5 rings (SSSR count). The summed E-state index contributed by atoms with van der Waals surface area (Å²) in [5.74, 6) is 7.79. The lowest BCUT2D eigenvalue weighted by atomic mass is 9.95. The van der Waals surface area contributed by atoms with Gasteiger partial charge in [0.25, 0.3) is 0 Å². The lowest BCUT2D eigenvalue weighted by Crippen LogP contribution is -2.45. The number of hydrogen-bond donors (Lipinski definition) is 1. The number of allylic oxidation sites excluding steroid dienone is 2. The number of aliphatic imine (C=N–C) groups is 1. The molecule has 0 amide bonds. The van der Waals surface area contributed by atoms with Crippen molar-refractivity contribution in [2.75, 3.05) is 7.05 Å². The van der Waals surface area contributed by atoms with Gasteiger partial charge in [-0.25, -0.2) is 4.99 Å². The van der Waals surface area contributed by atoms with Gasteiger partial charge >= 0.3 is 0 Å². The number of aromatic nitrogens is 4. The summed E-state index contributed by atoms with van der Waals surface area (Å²) < 4.78 is 0. The van der Waals surface area contributed by atoms with Gasteiger partial charge in [0.1, 0.15) is 5.82 Å². The summed E-state index contributed by atoms with van der Waals surface area (Å²) in [6.45, 7) is 3.97. The van der Waals surface area contributed by atoms with Crippen molar-refractivity contribution in [3.05, 3.63) is 77.8 Å². The van der Waals surface area contributed by atoms with Crippen LogP contribution in [0.4, 0.5) is 0 Å². The van der Waals surface area contributed by atoms with Crippen LogP contribution >= 0.6 is 0 Å². The van der Waals surface area contributed by atoms with Gasteiger partial charge in [-0.3, -0.25) is 10.0 Å². The molecule has 7 nitrogen and oxygen atoms in total. The van der Waals surface area contributed by atoms with Crippen LogP contribution in [0.25, 0.3) is 22.5 Å². The Bertz CT molecular complexity index is 1300. The third-order valence-electron chi connectivity index (χ3n) is 5.91. The minimum absolute atomic E-state index is 0.143. The van der Waals surface area contributed by atoms with Crippen LogP contribution < -0.4 is 0 Å². The summed E-state index contributed by atoms with van der Waals surface area (Å²) in [4.78, 5) is 4.93. The van der Waals surface area contributed by atoms with E-state index in [1.807, 2.05) is 25.1 Å². The number of H-pyrrole nitrogens is 1. The smallest absolute Gasteiger partial charge is 0.205 e. The van der Waals surface area contributed by atoms with Gasteiger partial charge in [0.05, 0.1) is 11.8 Å². The molecule has 1 aromatic heterocycles. The highest BCUT2D eigenvalue weighted by atomic mass is 15.7. The van der Waals surface area contributed by atoms with Gasteiger partial charge < -0.3 is 0 Å². The highest BCUT2D eigenvalue weighted by molar-refractivity contribution is 5.94. The Hall–Kier alpha value is -4.18. The minimum atomic E-state index is 0.143. The van der Waals surface area contributed by atoms with E-state index in [0.29, 0.717) is 12.2 Å². The van der Waals surface area contributed by atoms with Gasteiger partial charge in [0.2, 0.25) is 5.82 Å². The van der Waals surface area contributed by atoms with Crippen LogP contribution in [0.2, 0.25) is 0 Å². The number of nitrogens with one attached hydrogen (secondary N) is 1. The van der Waals surface area contributed by atoms with Crippen LogP contribution in [0.15, 0.2) is 77.2 Å². The zero-order valence-electron chi connectivity index (χ0n) is 18.9. The predicted molar refractivity (Wildman–Crippen MR) is 129 cm³/mol. The van der Waals surface area contributed by atoms with E-state index in [1.54, 1.807) is 0 Å². The molecule has 2 aliphatic heterocycles. The van der Waals surface area contributed by atoms with Gasteiger partial charge in [0, 0.05) is 31.7 Å². The summed E-state index contributed by atoms with van der Waals surface area (Å²) in [7, 11) is 2.07. The second kappa shape index (κ2) is 8.75. The fourth-order valence-corrected chi connectivity index (χ4v) is 4.44. The van der Waals surface area contributed by atoms with E-state index in [9.17, 15) is 0 Å². The number of aromatic amines is 1. The van der Waals surface area contributed by atoms with E-state index < -0.39 is 0 Å². The first-order valence-corrected chi connectivity index (χ1v) is 11.0. The van der Waals surface area contributed by atoms with Gasteiger partial charge in [-0.2, -0.15) is 5.21 Å². The molecule has 0 aliphatic carbocycles. The molecule has 2 aliphatic rings. The Kier molecular flexibility index (Phi) is 5.49. The maximum Gasteiger partial charge on any atom is 0.205 e. The maximum absolute atomic E-state index is 4.93. The molecule has 164 valence electrons. The lowest BCUT2D eigenvalue weighted by Gasteiger charge is -2.37. The fourth-order valence-electron chi connectivity index (χ4n) is 4.44. The van der Waals surface area contributed by atoms with E-state index in [1.165, 1.54) is 11.1 Å². The molecule has 0 radical (unpaired) electrons. The van der Waals surface area contributed by atoms with Crippen LogP contribution in [0.1, 0.15) is 25.8 Å². The zero-order valence-corrected chi connectivity index (χ0v) is 18.9. The molecule has 0 spiro atoms. The lowest BCUT2D eigenvalue weighted by molar-refractivity contribution is 0.0709. The number of hydrogen-bond acceptors (Lipinski definition) is 6. The molecule has 3 aromatic rings. The number of rotatable bonds is 5. The fraction of sp³-hybridized carbons (Fsp3) is 0.231. The highest BCUT2D eigenvalue weighted by Crippen LogP contribution is 2.33. The van der Waals surface area contributed by atoms with Crippen molar-refractivity contribution in [2.24, 2.45) is 4.99 Å². The molecule has 0 bridgehead atoms. The SMILES string of the molecule is CC#CCC1=NC2=CC(C)=CN(C)N2C1Cc1ccc(-c2ccccc2-c2nn[nH]n2)cc1. The zero-order chi connectivity index (χ0) is 22.8. The Balaban J connectivity index is 1.42. The minimum Gasteiger partial charge on any atom is -0.293 e. The van der Waals surface area contributed by atoms with E-state index in [4.69, 9.17) is 4.99 Å². The predicted octanol–water partition coefficient (Wildman–Crippen LogP) is 4.22. The number of benzene rings is 2. The summed E-state index contributed by atoms with van der Waals surface area (Å²) in [5, 5.41) is 18.9. The number of fused-ring (bicyclic) bond motifs is 1. The number of nitrogens with zero attached hydrogens (tertiary/aromatic N) is 6. The summed E-state index contributed by atoms with van der Waals surface area (Å²) in [6, 6.07) is 17.0. The van der Waals surface area contributed by atoms with Crippen LogP contribution in [0.5, 0.6) is 0 Å². The Morgan fingerprint density at radius 1 is 1.06 bits per heavy atom. The first-order valence-electron chi connectivity index (χ1n) is 11.0. The van der Waals surface area contributed by atoms with E-state index >= 15 is 0 Å². The molecule has 1 unspecified atom stereocenters. The van der Waals surface area contributed by atoms with Crippen molar-refractivity contribution in [3.8, 4) is 34.4 Å². The summed E-state index contributed by atoms with van der Waals surface area (Å²) in [5.41, 5.74) is 6.70. The van der Waals surface area contributed by atoms with Gasteiger partial charge in [-0.15, -0.1) is 16.1 Å². The normalized spacial score (nSPS) is 17.1. The van der Waals surface area contributed by atoms with Crippen LogP contribution in [-0.4, -0.2) is 49.4 Å². The van der Waals surface area contributed by atoms with Crippen molar-refractivity contribution in [1.82, 2.24) is 30.6 Å². The van der Waals surface area contributed by atoms with Crippen molar-refractivity contribution in [3.63, 3.8) is 0 Å². The molecule has 3 heterocycles. The molecular formula is C26H25N7. The van der Waals surface area contributed by atoms with Gasteiger partial charge in [0.15, 0.2) is 0 Å². The summed E-state index contributed by atoms with van der Waals surface area (Å²) >= 11 is 0. The number of hydrazine groups is 1.